The van der Waals surface area contributed by atoms with Gasteiger partial charge < -0.3 is 19.4 Å². The molecule has 5 rings (SSSR count). The van der Waals surface area contributed by atoms with E-state index in [2.05, 4.69) is 15.0 Å². The first-order valence-electron chi connectivity index (χ1n) is 11.8. The van der Waals surface area contributed by atoms with Crippen molar-refractivity contribution in [3.05, 3.63) is 102 Å². The third-order valence-electron chi connectivity index (χ3n) is 5.98. The van der Waals surface area contributed by atoms with E-state index in [1.165, 1.54) is 6.07 Å². The molecule has 10 heteroatoms. The van der Waals surface area contributed by atoms with Crippen molar-refractivity contribution in [1.82, 2.24) is 19.6 Å². The standard InChI is InChI=1S/C27H26N4O5S/c1-19-7-5-6-10-25(19)37(33,34)30-27(32)29-22(17-20-8-3-2-4-9-20)26-28-13-14-31(26)21-11-12-23-24(18-21)36-16-15-35-23/h2-14,18,22H,15-17H2,1H3,(H2,29,30,32). The number of ether oxygens (including phenoxy) is 2. The maximum absolute atomic E-state index is 13.0. The number of imidazole rings is 1. The second-order valence-corrected chi connectivity index (χ2v) is 10.2. The second-order valence-electron chi connectivity index (χ2n) is 8.57. The molecule has 0 fully saturated rings. The molecular weight excluding hydrogens is 492 g/mol. The minimum Gasteiger partial charge on any atom is -0.486 e. The molecule has 1 aromatic heterocycles. The zero-order chi connectivity index (χ0) is 25.8. The number of rotatable bonds is 7. The number of benzene rings is 3. The average Bonchev–Trinajstić information content (AvgIpc) is 3.38. The molecule has 0 spiro atoms. The quantitative estimate of drug-likeness (QED) is 0.384. The summed E-state index contributed by atoms with van der Waals surface area (Å²) in [6.07, 6.45) is 3.80. The fourth-order valence-corrected chi connectivity index (χ4v) is 5.41. The fourth-order valence-electron chi connectivity index (χ4n) is 4.25. The summed E-state index contributed by atoms with van der Waals surface area (Å²) >= 11 is 0. The summed E-state index contributed by atoms with van der Waals surface area (Å²) in [6.45, 7) is 2.63. The van der Waals surface area contributed by atoms with Crippen LogP contribution in [0.5, 0.6) is 11.5 Å². The molecule has 2 amide bonds. The average molecular weight is 519 g/mol. The molecule has 0 bridgehead atoms. The smallest absolute Gasteiger partial charge is 0.329 e. The molecule has 3 aromatic carbocycles. The molecule has 2 heterocycles. The Hall–Kier alpha value is -4.31. The highest BCUT2D eigenvalue weighted by Crippen LogP contribution is 2.33. The SMILES string of the molecule is Cc1ccccc1S(=O)(=O)NC(=O)NC(Cc1ccccc1)c1nccn1-c1ccc2c(c1)OCCO2. The summed E-state index contributed by atoms with van der Waals surface area (Å²) in [5.74, 6) is 1.82. The van der Waals surface area contributed by atoms with Crippen molar-refractivity contribution in [2.45, 2.75) is 24.3 Å². The number of carbonyl (C=O) groups excluding carboxylic acids is 1. The van der Waals surface area contributed by atoms with Gasteiger partial charge in [0.05, 0.1) is 16.6 Å². The van der Waals surface area contributed by atoms with Crippen LogP contribution in [0.4, 0.5) is 4.79 Å². The Morgan fingerprint density at radius 2 is 1.73 bits per heavy atom. The van der Waals surface area contributed by atoms with Gasteiger partial charge in [-0.25, -0.2) is 22.9 Å². The lowest BCUT2D eigenvalue weighted by molar-refractivity contribution is 0.171. The van der Waals surface area contributed by atoms with Gasteiger partial charge in [0.1, 0.15) is 19.0 Å². The van der Waals surface area contributed by atoms with Crippen LogP contribution >= 0.6 is 0 Å². The van der Waals surface area contributed by atoms with E-state index in [-0.39, 0.29) is 4.90 Å². The van der Waals surface area contributed by atoms with Crippen LogP contribution in [-0.4, -0.2) is 37.2 Å². The van der Waals surface area contributed by atoms with E-state index >= 15 is 0 Å². The Kier molecular flexibility index (Phi) is 6.82. The predicted molar refractivity (Wildman–Crippen MR) is 137 cm³/mol. The van der Waals surface area contributed by atoms with Gasteiger partial charge in [-0.1, -0.05) is 48.5 Å². The molecule has 0 radical (unpaired) electrons. The molecule has 1 aliphatic rings. The van der Waals surface area contributed by atoms with Gasteiger partial charge in [-0.3, -0.25) is 0 Å². The van der Waals surface area contributed by atoms with Gasteiger partial charge in [0.2, 0.25) is 0 Å². The van der Waals surface area contributed by atoms with Gasteiger partial charge in [0, 0.05) is 18.5 Å². The summed E-state index contributed by atoms with van der Waals surface area (Å²) in [4.78, 5) is 17.6. The molecule has 37 heavy (non-hydrogen) atoms. The van der Waals surface area contributed by atoms with Gasteiger partial charge in [-0.05, 0) is 42.7 Å². The number of aromatic nitrogens is 2. The first-order valence-corrected chi connectivity index (χ1v) is 13.3. The number of nitrogens with one attached hydrogen (secondary N) is 2. The summed E-state index contributed by atoms with van der Waals surface area (Å²) < 4.78 is 41.1. The van der Waals surface area contributed by atoms with Gasteiger partial charge in [-0.2, -0.15) is 0 Å². The van der Waals surface area contributed by atoms with E-state index in [0.29, 0.717) is 42.5 Å². The maximum atomic E-state index is 13.0. The highest BCUT2D eigenvalue weighted by molar-refractivity contribution is 7.90. The second kappa shape index (κ2) is 10.4. The lowest BCUT2D eigenvalue weighted by atomic mass is 10.1. The van der Waals surface area contributed by atoms with Crippen molar-refractivity contribution in [2.24, 2.45) is 0 Å². The number of hydrogen-bond acceptors (Lipinski definition) is 6. The van der Waals surface area contributed by atoms with Crippen LogP contribution in [0.1, 0.15) is 23.0 Å². The van der Waals surface area contributed by atoms with E-state index < -0.39 is 22.1 Å². The Bertz CT molecular complexity index is 1520. The third-order valence-corrected chi connectivity index (χ3v) is 7.47. The van der Waals surface area contributed by atoms with Crippen LogP contribution in [0.2, 0.25) is 0 Å². The monoisotopic (exact) mass is 518 g/mol. The highest BCUT2D eigenvalue weighted by atomic mass is 32.2. The van der Waals surface area contributed by atoms with E-state index in [4.69, 9.17) is 9.47 Å². The Morgan fingerprint density at radius 3 is 2.51 bits per heavy atom. The topological polar surface area (TPSA) is 112 Å². The molecule has 9 nitrogen and oxygen atoms in total. The summed E-state index contributed by atoms with van der Waals surface area (Å²) in [7, 11) is -4.07. The Labute approximate surface area is 215 Å². The Balaban J connectivity index is 1.44. The molecule has 1 unspecified atom stereocenters. The van der Waals surface area contributed by atoms with Crippen LogP contribution in [0.15, 0.2) is 90.1 Å². The van der Waals surface area contributed by atoms with Crippen molar-refractivity contribution in [1.29, 1.82) is 0 Å². The number of nitrogens with zero attached hydrogens (tertiary/aromatic N) is 2. The molecule has 0 saturated heterocycles. The van der Waals surface area contributed by atoms with E-state index in [9.17, 15) is 13.2 Å². The number of hydrogen-bond donors (Lipinski definition) is 2. The van der Waals surface area contributed by atoms with Crippen molar-refractivity contribution >= 4 is 16.1 Å². The minimum atomic E-state index is -4.07. The normalized spacial score (nSPS) is 13.5. The third kappa shape index (κ3) is 5.44. The van der Waals surface area contributed by atoms with Crippen LogP contribution < -0.4 is 19.5 Å². The molecule has 0 saturated carbocycles. The van der Waals surface area contributed by atoms with Gasteiger partial charge in [-0.15, -0.1) is 0 Å². The van der Waals surface area contributed by atoms with Crippen molar-refractivity contribution in [3.63, 3.8) is 0 Å². The maximum Gasteiger partial charge on any atom is 0.329 e. The molecule has 0 aliphatic carbocycles. The van der Waals surface area contributed by atoms with Crippen LogP contribution in [0.25, 0.3) is 5.69 Å². The van der Waals surface area contributed by atoms with Crippen molar-refractivity contribution in [3.8, 4) is 17.2 Å². The van der Waals surface area contributed by atoms with Crippen molar-refractivity contribution in [2.75, 3.05) is 13.2 Å². The molecular formula is C27H26N4O5S. The number of fused-ring (bicyclic) bond motifs is 1. The van der Waals surface area contributed by atoms with Crippen LogP contribution in [-0.2, 0) is 16.4 Å². The summed E-state index contributed by atoms with van der Waals surface area (Å²) in [5.41, 5.74) is 2.26. The zero-order valence-corrected chi connectivity index (χ0v) is 20.9. The molecule has 2 N–H and O–H groups in total. The molecule has 4 aromatic rings. The number of aryl methyl sites for hydroxylation is 1. The van der Waals surface area contributed by atoms with E-state index in [1.807, 2.05) is 53.1 Å². The molecule has 190 valence electrons. The van der Waals surface area contributed by atoms with Gasteiger partial charge >= 0.3 is 6.03 Å². The molecule has 1 atom stereocenters. The largest absolute Gasteiger partial charge is 0.486 e. The lowest BCUT2D eigenvalue weighted by Gasteiger charge is -2.22. The number of carbonyl (C=O) groups is 1. The van der Waals surface area contributed by atoms with E-state index in [0.717, 1.165) is 11.3 Å². The minimum absolute atomic E-state index is 0.0440. The van der Waals surface area contributed by atoms with Crippen LogP contribution in [0.3, 0.4) is 0 Å². The first kappa shape index (κ1) is 24.4. The predicted octanol–water partition coefficient (Wildman–Crippen LogP) is 3.92. The fraction of sp³-hybridized carbons (Fsp3) is 0.185. The van der Waals surface area contributed by atoms with Gasteiger partial charge in [0.25, 0.3) is 10.0 Å². The van der Waals surface area contributed by atoms with Gasteiger partial charge in [0.15, 0.2) is 11.5 Å². The summed E-state index contributed by atoms with van der Waals surface area (Å²) in [6, 6.07) is 20.1. The first-order chi connectivity index (χ1) is 17.9. The number of sulfonamides is 1. The zero-order valence-electron chi connectivity index (χ0n) is 20.1. The lowest BCUT2D eigenvalue weighted by Crippen LogP contribution is -2.42. The number of amides is 2. The van der Waals surface area contributed by atoms with Crippen LogP contribution in [0, 0.1) is 6.92 Å². The molecule has 1 aliphatic heterocycles. The van der Waals surface area contributed by atoms with Crippen molar-refractivity contribution < 1.29 is 22.7 Å². The number of urea groups is 1. The Morgan fingerprint density at radius 1 is 1.00 bits per heavy atom. The highest BCUT2D eigenvalue weighted by Gasteiger charge is 2.25. The summed E-state index contributed by atoms with van der Waals surface area (Å²) in [5, 5.41) is 2.82. The van der Waals surface area contributed by atoms with E-state index in [1.54, 1.807) is 37.5 Å².